The van der Waals surface area contributed by atoms with Crippen LogP contribution in [0.5, 0.6) is 0 Å². The quantitative estimate of drug-likeness (QED) is 0.782. The van der Waals surface area contributed by atoms with Crippen LogP contribution in [0, 0.1) is 11.6 Å². The zero-order valence-electron chi connectivity index (χ0n) is 11.8. The summed E-state index contributed by atoms with van der Waals surface area (Å²) in [6.45, 7) is 0.0894. The van der Waals surface area contributed by atoms with Gasteiger partial charge < -0.3 is 9.15 Å². The minimum absolute atomic E-state index is 0.0000331. The topological polar surface area (TPSA) is 59.8 Å². The number of sulfonamides is 1. The van der Waals surface area contributed by atoms with Crippen LogP contribution < -0.4 is 0 Å². The largest absolute Gasteiger partial charge is 0.472 e. The van der Waals surface area contributed by atoms with Crippen LogP contribution in [-0.2, 0) is 21.3 Å². The van der Waals surface area contributed by atoms with E-state index in [0.717, 1.165) is 16.4 Å². The molecule has 2 rings (SSSR count). The summed E-state index contributed by atoms with van der Waals surface area (Å²) in [5.74, 6) is -1.83. The van der Waals surface area contributed by atoms with Crippen LogP contribution in [0.1, 0.15) is 5.56 Å². The van der Waals surface area contributed by atoms with Gasteiger partial charge in [-0.15, -0.1) is 0 Å². The highest BCUT2D eigenvalue weighted by Crippen LogP contribution is 2.22. The van der Waals surface area contributed by atoms with Crippen LogP contribution in [0.2, 0.25) is 0 Å². The number of rotatable bonds is 7. The normalized spacial score (nSPS) is 12.0. The van der Waals surface area contributed by atoms with Crippen LogP contribution in [0.15, 0.2) is 46.1 Å². The van der Waals surface area contributed by atoms with Crippen LogP contribution in [0.25, 0.3) is 0 Å². The monoisotopic (exact) mass is 331 g/mol. The van der Waals surface area contributed by atoms with Crippen LogP contribution in [-0.4, -0.2) is 33.0 Å². The molecule has 0 spiro atoms. The van der Waals surface area contributed by atoms with Crippen LogP contribution in [0.4, 0.5) is 8.78 Å². The van der Waals surface area contributed by atoms with Gasteiger partial charge in [0.15, 0.2) is 0 Å². The predicted molar refractivity (Wildman–Crippen MR) is 74.5 cm³/mol. The van der Waals surface area contributed by atoms with Gasteiger partial charge in [-0.3, -0.25) is 0 Å². The van der Waals surface area contributed by atoms with Gasteiger partial charge >= 0.3 is 0 Å². The van der Waals surface area contributed by atoms with Crippen molar-refractivity contribution >= 4 is 10.0 Å². The van der Waals surface area contributed by atoms with E-state index in [-0.39, 0.29) is 19.7 Å². The van der Waals surface area contributed by atoms with E-state index in [1.807, 2.05) is 0 Å². The third-order valence-electron chi connectivity index (χ3n) is 2.99. The molecule has 0 aliphatic carbocycles. The van der Waals surface area contributed by atoms with E-state index in [4.69, 9.17) is 9.15 Å². The highest BCUT2D eigenvalue weighted by Gasteiger charge is 2.28. The van der Waals surface area contributed by atoms with Crippen LogP contribution >= 0.6 is 0 Å². The highest BCUT2D eigenvalue weighted by molar-refractivity contribution is 7.89. The molecule has 22 heavy (non-hydrogen) atoms. The molecule has 2 aromatic rings. The SMILES string of the molecule is COCCN(Cc1ccoc1)S(=O)(=O)c1cc(F)ccc1F. The van der Waals surface area contributed by atoms with Gasteiger partial charge in [0, 0.05) is 25.8 Å². The number of halogens is 2. The van der Waals surface area contributed by atoms with Crippen molar-refractivity contribution in [3.63, 3.8) is 0 Å². The Bertz CT molecular complexity index is 716. The Balaban J connectivity index is 2.37. The fraction of sp³-hybridized carbons (Fsp3) is 0.286. The third kappa shape index (κ3) is 3.70. The summed E-state index contributed by atoms with van der Waals surface area (Å²) in [6, 6.07) is 3.91. The van der Waals surface area contributed by atoms with Crippen molar-refractivity contribution in [2.45, 2.75) is 11.4 Å². The minimum Gasteiger partial charge on any atom is -0.472 e. The summed E-state index contributed by atoms with van der Waals surface area (Å²) in [4.78, 5) is -0.702. The van der Waals surface area contributed by atoms with Gasteiger partial charge in [-0.1, -0.05) is 0 Å². The number of furan rings is 1. The van der Waals surface area contributed by atoms with Gasteiger partial charge in [0.2, 0.25) is 10.0 Å². The first kappa shape index (κ1) is 16.6. The highest BCUT2D eigenvalue weighted by atomic mass is 32.2. The second kappa shape index (κ2) is 6.99. The van der Waals surface area contributed by atoms with Gasteiger partial charge in [0.1, 0.15) is 16.5 Å². The first-order chi connectivity index (χ1) is 10.4. The molecule has 5 nitrogen and oxygen atoms in total. The fourth-order valence-corrected chi connectivity index (χ4v) is 3.37. The molecule has 1 aromatic heterocycles. The summed E-state index contributed by atoms with van der Waals surface area (Å²) in [6.07, 6.45) is 2.79. The van der Waals surface area contributed by atoms with Crippen molar-refractivity contribution in [1.29, 1.82) is 0 Å². The number of nitrogens with zero attached hydrogens (tertiary/aromatic N) is 1. The Morgan fingerprint density at radius 1 is 1.27 bits per heavy atom. The molecule has 0 aliphatic rings. The van der Waals surface area contributed by atoms with E-state index < -0.39 is 26.6 Å². The summed E-state index contributed by atoms with van der Waals surface area (Å²) in [5.41, 5.74) is 0.594. The van der Waals surface area contributed by atoms with E-state index in [9.17, 15) is 17.2 Å². The molecule has 0 atom stereocenters. The average Bonchev–Trinajstić information content (AvgIpc) is 2.98. The smallest absolute Gasteiger partial charge is 0.246 e. The van der Waals surface area contributed by atoms with Gasteiger partial charge in [0.05, 0.1) is 19.1 Å². The van der Waals surface area contributed by atoms with Crippen molar-refractivity contribution in [1.82, 2.24) is 4.31 Å². The maximum Gasteiger partial charge on any atom is 0.246 e. The van der Waals surface area contributed by atoms with Gasteiger partial charge in [0.25, 0.3) is 0 Å². The van der Waals surface area contributed by atoms with E-state index in [2.05, 4.69) is 0 Å². The molecule has 0 N–H and O–H groups in total. The van der Waals surface area contributed by atoms with E-state index in [1.54, 1.807) is 6.07 Å². The molecule has 0 radical (unpaired) electrons. The lowest BCUT2D eigenvalue weighted by Gasteiger charge is -2.21. The van der Waals surface area contributed by atoms with Gasteiger partial charge in [-0.2, -0.15) is 4.31 Å². The second-order valence-corrected chi connectivity index (χ2v) is 6.44. The van der Waals surface area contributed by atoms with Crippen molar-refractivity contribution < 1.29 is 26.4 Å². The molecular formula is C14H15F2NO4S. The molecule has 1 heterocycles. The van der Waals surface area contributed by atoms with Crippen molar-refractivity contribution in [2.75, 3.05) is 20.3 Å². The predicted octanol–water partition coefficient (Wildman–Crippen LogP) is 2.40. The standard InChI is InChI=1S/C14H15F2NO4S/c1-20-7-5-17(9-11-4-6-21-10-11)22(18,19)14-8-12(15)2-3-13(14)16/h2-4,6,8,10H,5,7,9H2,1H3. The maximum absolute atomic E-state index is 13.8. The number of ether oxygens (including phenoxy) is 1. The lowest BCUT2D eigenvalue weighted by Crippen LogP contribution is -2.34. The molecule has 8 heteroatoms. The lowest BCUT2D eigenvalue weighted by molar-refractivity contribution is 0.177. The van der Waals surface area contributed by atoms with Crippen molar-refractivity contribution in [3.05, 3.63) is 54.0 Å². The second-order valence-electron chi connectivity index (χ2n) is 4.54. The Labute approximate surface area is 127 Å². The van der Waals surface area contributed by atoms with Crippen molar-refractivity contribution in [2.24, 2.45) is 0 Å². The van der Waals surface area contributed by atoms with E-state index >= 15 is 0 Å². The molecule has 0 fully saturated rings. The molecule has 0 bridgehead atoms. The number of benzene rings is 1. The summed E-state index contributed by atoms with van der Waals surface area (Å²) >= 11 is 0. The Hall–Kier alpha value is -1.77. The molecular weight excluding hydrogens is 316 g/mol. The zero-order chi connectivity index (χ0) is 16.2. The van der Waals surface area contributed by atoms with Gasteiger partial charge in [-0.25, -0.2) is 17.2 Å². The number of hydrogen-bond acceptors (Lipinski definition) is 4. The molecule has 0 saturated carbocycles. The average molecular weight is 331 g/mol. The van der Waals surface area contributed by atoms with Crippen LogP contribution in [0.3, 0.4) is 0 Å². The molecule has 120 valence electrons. The molecule has 0 aliphatic heterocycles. The Morgan fingerprint density at radius 3 is 2.68 bits per heavy atom. The Morgan fingerprint density at radius 2 is 2.05 bits per heavy atom. The molecule has 0 amide bonds. The lowest BCUT2D eigenvalue weighted by atomic mass is 10.3. The first-order valence-corrected chi connectivity index (χ1v) is 7.84. The Kier molecular flexibility index (Phi) is 5.28. The number of methoxy groups -OCH3 is 1. The summed E-state index contributed by atoms with van der Waals surface area (Å²) in [5, 5.41) is 0. The van der Waals surface area contributed by atoms with Gasteiger partial charge in [-0.05, 0) is 24.3 Å². The first-order valence-electron chi connectivity index (χ1n) is 6.40. The van der Waals surface area contributed by atoms with E-state index in [0.29, 0.717) is 11.6 Å². The summed E-state index contributed by atoms with van der Waals surface area (Å²) < 4.78 is 63.0. The maximum atomic E-state index is 13.8. The van der Waals surface area contributed by atoms with E-state index in [1.165, 1.54) is 19.6 Å². The third-order valence-corrected chi connectivity index (χ3v) is 4.86. The summed E-state index contributed by atoms with van der Waals surface area (Å²) in [7, 11) is -2.78. The minimum atomic E-state index is -4.21. The number of hydrogen-bond donors (Lipinski definition) is 0. The fourth-order valence-electron chi connectivity index (χ4n) is 1.88. The molecule has 0 unspecified atom stereocenters. The molecule has 0 saturated heterocycles. The van der Waals surface area contributed by atoms with Crippen molar-refractivity contribution in [3.8, 4) is 0 Å². The molecule has 1 aromatic carbocycles. The zero-order valence-corrected chi connectivity index (χ0v) is 12.6.